The Bertz CT molecular complexity index is 1210. The molecular formula is C19H16N2O5. The molecule has 2 aliphatic rings. The maximum Gasteiger partial charge on any atom is 0.333 e. The molecule has 4 atom stereocenters. The average molecular weight is 352 g/mol. The second kappa shape index (κ2) is 5.04. The lowest BCUT2D eigenvalue weighted by Gasteiger charge is -2.29. The van der Waals surface area contributed by atoms with Crippen molar-refractivity contribution in [3.63, 3.8) is 0 Å². The molecule has 26 heavy (non-hydrogen) atoms. The molecule has 132 valence electrons. The summed E-state index contributed by atoms with van der Waals surface area (Å²) >= 11 is 0. The van der Waals surface area contributed by atoms with E-state index >= 15 is 0 Å². The summed E-state index contributed by atoms with van der Waals surface area (Å²) in [6, 6.07) is 9.71. The van der Waals surface area contributed by atoms with Crippen molar-refractivity contribution in [2.24, 2.45) is 0 Å². The minimum atomic E-state index is -0.947. The normalized spacial score (nSPS) is 26.4. The van der Waals surface area contributed by atoms with Gasteiger partial charge in [0.15, 0.2) is 6.04 Å². The lowest BCUT2D eigenvalue weighted by Crippen LogP contribution is -2.50. The molecule has 0 unspecified atom stereocenters. The van der Waals surface area contributed by atoms with E-state index in [1.807, 2.05) is 31.2 Å². The van der Waals surface area contributed by atoms with Gasteiger partial charge < -0.3 is 9.47 Å². The van der Waals surface area contributed by atoms with E-state index in [9.17, 15) is 14.4 Å². The molecule has 7 nitrogen and oxygen atoms in total. The molecule has 0 radical (unpaired) electrons. The summed E-state index contributed by atoms with van der Waals surface area (Å²) in [5.74, 6) is -0.584. The van der Waals surface area contributed by atoms with E-state index in [2.05, 4.69) is 0 Å². The lowest BCUT2D eigenvalue weighted by molar-refractivity contribution is -0.146. The fraction of sp³-hybridized carbons (Fsp3) is 0.316. The lowest BCUT2D eigenvalue weighted by atomic mass is 10.0. The van der Waals surface area contributed by atoms with E-state index in [1.165, 1.54) is 16.5 Å². The van der Waals surface area contributed by atoms with Crippen molar-refractivity contribution in [3.8, 4) is 0 Å². The zero-order chi connectivity index (χ0) is 18.2. The molecule has 0 amide bonds. The Balaban J connectivity index is 1.93. The van der Waals surface area contributed by atoms with E-state index in [0.29, 0.717) is 10.8 Å². The molecular weight excluding hydrogens is 336 g/mol. The van der Waals surface area contributed by atoms with Crippen LogP contribution < -0.4 is 11.1 Å². The topological polar surface area (TPSA) is 82.8 Å². The van der Waals surface area contributed by atoms with Gasteiger partial charge >= 0.3 is 5.97 Å². The van der Waals surface area contributed by atoms with Crippen LogP contribution in [-0.4, -0.2) is 34.7 Å². The monoisotopic (exact) mass is 352 g/mol. The van der Waals surface area contributed by atoms with Gasteiger partial charge in [0.05, 0.1) is 23.9 Å². The molecule has 1 saturated heterocycles. The van der Waals surface area contributed by atoms with Gasteiger partial charge in [-0.2, -0.15) is 0 Å². The van der Waals surface area contributed by atoms with E-state index in [-0.39, 0.29) is 23.3 Å². The Hall–Kier alpha value is -2.93. The highest BCUT2D eigenvalue weighted by atomic mass is 16.6. The number of epoxide rings is 1. The third-order valence-electron chi connectivity index (χ3n) is 5.44. The number of carbonyl (C=O) groups excluding carboxylic acids is 1. The van der Waals surface area contributed by atoms with E-state index in [4.69, 9.17) is 9.47 Å². The third-order valence-corrected chi connectivity index (χ3v) is 5.44. The van der Waals surface area contributed by atoms with Crippen molar-refractivity contribution in [1.82, 2.24) is 9.36 Å². The van der Waals surface area contributed by atoms with E-state index in [0.717, 1.165) is 10.8 Å². The van der Waals surface area contributed by atoms with Crippen LogP contribution in [0.2, 0.25) is 0 Å². The van der Waals surface area contributed by atoms with Gasteiger partial charge in [0.1, 0.15) is 12.2 Å². The average Bonchev–Trinajstić information content (AvgIpc) is 3.45. The number of hydrogen-bond donors (Lipinski definition) is 0. The zero-order valence-electron chi connectivity index (χ0n) is 14.2. The first-order valence-corrected chi connectivity index (χ1v) is 8.46. The number of nitrogens with zero attached hydrogens (tertiary/aromatic N) is 2. The Morgan fingerprint density at radius 3 is 2.15 bits per heavy atom. The zero-order valence-corrected chi connectivity index (χ0v) is 14.2. The fourth-order valence-corrected chi connectivity index (χ4v) is 4.09. The van der Waals surface area contributed by atoms with Crippen LogP contribution in [0.4, 0.5) is 0 Å². The first kappa shape index (κ1) is 15.3. The predicted octanol–water partition coefficient (Wildman–Crippen LogP) is 1.37. The van der Waals surface area contributed by atoms with Gasteiger partial charge in [-0.05, 0) is 29.8 Å². The maximum atomic E-state index is 13.2. The van der Waals surface area contributed by atoms with Crippen molar-refractivity contribution < 1.29 is 14.3 Å². The Morgan fingerprint density at radius 1 is 1.00 bits per heavy atom. The summed E-state index contributed by atoms with van der Waals surface area (Å²) in [5, 5.41) is 2.39. The molecule has 3 aromatic rings. The molecule has 3 heterocycles. The van der Waals surface area contributed by atoms with Crippen LogP contribution in [0.1, 0.15) is 19.0 Å². The van der Waals surface area contributed by atoms with Crippen LogP contribution >= 0.6 is 0 Å². The standard InChI is InChI=1S/C19H16N2O5/c1-9-15-16(26-15)14(19(24)25-2)21-18(23)13-8-11-6-4-3-5-10(11)7-12(13)17(22)20(9)21/h3-9,14-16H,1-2H3/t9-,14-,15-,16+/m0/s1. The van der Waals surface area contributed by atoms with Crippen LogP contribution in [-0.2, 0) is 14.3 Å². The van der Waals surface area contributed by atoms with Crippen LogP contribution in [0.5, 0.6) is 0 Å². The van der Waals surface area contributed by atoms with Crippen molar-refractivity contribution in [2.75, 3.05) is 7.11 Å². The first-order valence-electron chi connectivity index (χ1n) is 8.46. The molecule has 1 aromatic heterocycles. The molecule has 0 bridgehead atoms. The van der Waals surface area contributed by atoms with Gasteiger partial charge in [-0.15, -0.1) is 0 Å². The molecule has 0 aliphatic carbocycles. The number of methoxy groups -OCH3 is 1. The highest BCUT2D eigenvalue weighted by Crippen LogP contribution is 2.43. The Labute approximate surface area is 147 Å². The smallest absolute Gasteiger partial charge is 0.333 e. The van der Waals surface area contributed by atoms with Gasteiger partial charge in [0.2, 0.25) is 0 Å². The molecule has 7 heteroatoms. The predicted molar refractivity (Wildman–Crippen MR) is 94.4 cm³/mol. The number of fused-ring (bicyclic) bond motifs is 4. The number of benzene rings is 2. The SMILES string of the molecule is COC(=O)[C@@H]1[C@H]2O[C@H]2[C@H](C)n2c(=O)c3cc4ccccc4cc3c(=O)n21. The largest absolute Gasteiger partial charge is 0.467 e. The van der Waals surface area contributed by atoms with Crippen molar-refractivity contribution in [3.05, 3.63) is 57.1 Å². The Morgan fingerprint density at radius 2 is 1.58 bits per heavy atom. The second-order valence-corrected chi connectivity index (χ2v) is 6.82. The van der Waals surface area contributed by atoms with E-state index < -0.39 is 18.1 Å². The van der Waals surface area contributed by atoms with Gasteiger partial charge in [0, 0.05) is 0 Å². The van der Waals surface area contributed by atoms with Crippen LogP contribution in [0.25, 0.3) is 21.5 Å². The molecule has 0 spiro atoms. The van der Waals surface area contributed by atoms with Gasteiger partial charge in [-0.1, -0.05) is 24.3 Å². The molecule has 0 N–H and O–H groups in total. The van der Waals surface area contributed by atoms with Gasteiger partial charge in [-0.3, -0.25) is 9.59 Å². The molecule has 1 fully saturated rings. The molecule has 0 saturated carbocycles. The molecule has 2 aliphatic heterocycles. The number of carbonyl (C=O) groups is 1. The quantitative estimate of drug-likeness (QED) is 0.375. The summed E-state index contributed by atoms with van der Waals surface area (Å²) in [4.78, 5) is 38.8. The van der Waals surface area contributed by atoms with Gasteiger partial charge in [0.25, 0.3) is 11.1 Å². The van der Waals surface area contributed by atoms with Crippen LogP contribution in [0.15, 0.2) is 46.0 Å². The van der Waals surface area contributed by atoms with Crippen molar-refractivity contribution in [1.29, 1.82) is 0 Å². The second-order valence-electron chi connectivity index (χ2n) is 6.82. The highest BCUT2D eigenvalue weighted by molar-refractivity contribution is 5.97. The number of esters is 1. The summed E-state index contributed by atoms with van der Waals surface area (Å²) in [7, 11) is 1.26. The number of ether oxygens (including phenoxy) is 2. The van der Waals surface area contributed by atoms with Crippen molar-refractivity contribution in [2.45, 2.75) is 31.2 Å². The van der Waals surface area contributed by atoms with Crippen LogP contribution in [0.3, 0.4) is 0 Å². The van der Waals surface area contributed by atoms with Crippen LogP contribution in [0, 0.1) is 0 Å². The summed E-state index contributed by atoms with van der Waals surface area (Å²) in [5.41, 5.74) is -0.692. The summed E-state index contributed by atoms with van der Waals surface area (Å²) in [6.07, 6.45) is -0.707. The summed E-state index contributed by atoms with van der Waals surface area (Å²) < 4.78 is 13.0. The minimum Gasteiger partial charge on any atom is -0.467 e. The summed E-state index contributed by atoms with van der Waals surface area (Å²) in [6.45, 7) is 1.82. The van der Waals surface area contributed by atoms with Crippen molar-refractivity contribution >= 4 is 27.5 Å². The molecule has 2 aromatic carbocycles. The third kappa shape index (κ3) is 1.83. The Kier molecular flexibility index (Phi) is 2.98. The fourth-order valence-electron chi connectivity index (χ4n) is 4.09. The minimum absolute atomic E-state index is 0.269. The van der Waals surface area contributed by atoms with E-state index in [1.54, 1.807) is 12.1 Å². The van der Waals surface area contributed by atoms with Gasteiger partial charge in [-0.25, -0.2) is 14.2 Å². The molecule has 5 rings (SSSR count). The first-order chi connectivity index (χ1) is 12.5. The number of hydrogen-bond acceptors (Lipinski definition) is 5. The maximum absolute atomic E-state index is 13.2. The number of rotatable bonds is 1. The highest BCUT2D eigenvalue weighted by Gasteiger charge is 2.58. The number of aromatic nitrogens is 2.